The maximum Gasteiger partial charge on any atom is 0.264 e. The number of methoxy groups -OCH3 is 2. The molecule has 36 heavy (non-hydrogen) atoms. The summed E-state index contributed by atoms with van der Waals surface area (Å²) in [5, 5.41) is 2.98. The third kappa shape index (κ3) is 5.49. The van der Waals surface area contributed by atoms with Crippen molar-refractivity contribution in [1.29, 1.82) is 0 Å². The second kappa shape index (κ2) is 11.0. The SMILES string of the molecule is COc1ccc(S(=O)(=O)N(CC(=O)NC(C)c2ccc3c(c2)CCCC3)c2ccccc2)cc1OC. The van der Waals surface area contributed by atoms with Crippen molar-refractivity contribution in [2.45, 2.75) is 43.5 Å². The Hall–Kier alpha value is -3.52. The summed E-state index contributed by atoms with van der Waals surface area (Å²) >= 11 is 0. The van der Waals surface area contributed by atoms with E-state index < -0.39 is 15.9 Å². The first-order chi connectivity index (χ1) is 17.3. The lowest BCUT2D eigenvalue weighted by atomic mass is 9.89. The van der Waals surface area contributed by atoms with Crippen LogP contribution in [0.2, 0.25) is 0 Å². The lowest BCUT2D eigenvalue weighted by Gasteiger charge is -2.26. The molecule has 0 saturated carbocycles. The third-order valence-electron chi connectivity index (χ3n) is 6.52. The summed E-state index contributed by atoms with van der Waals surface area (Å²) in [5.74, 6) is 0.310. The number of benzene rings is 3. The highest BCUT2D eigenvalue weighted by Gasteiger charge is 2.29. The molecule has 1 aliphatic rings. The van der Waals surface area contributed by atoms with Gasteiger partial charge in [-0.05, 0) is 73.6 Å². The van der Waals surface area contributed by atoms with Gasteiger partial charge in [-0.3, -0.25) is 9.10 Å². The molecule has 1 amide bonds. The standard InChI is InChI=1S/C28H32N2O5S/c1-20(22-14-13-21-9-7-8-10-23(21)17-22)29-28(31)19-30(24-11-5-4-6-12-24)36(32,33)25-15-16-26(34-2)27(18-25)35-3/h4-6,11-18,20H,7-10,19H2,1-3H3,(H,29,31). The van der Waals surface area contributed by atoms with Gasteiger partial charge in [-0.25, -0.2) is 8.42 Å². The molecule has 0 aliphatic heterocycles. The van der Waals surface area contributed by atoms with E-state index in [0.717, 1.165) is 22.7 Å². The number of rotatable bonds is 9. The van der Waals surface area contributed by atoms with Crippen LogP contribution in [0.3, 0.4) is 0 Å². The Morgan fingerprint density at radius 2 is 1.61 bits per heavy atom. The van der Waals surface area contributed by atoms with Crippen LogP contribution in [-0.4, -0.2) is 35.1 Å². The zero-order valence-electron chi connectivity index (χ0n) is 20.9. The Morgan fingerprint density at radius 3 is 2.31 bits per heavy atom. The smallest absolute Gasteiger partial charge is 0.264 e. The van der Waals surface area contributed by atoms with E-state index in [2.05, 4.69) is 17.4 Å². The molecule has 3 aromatic rings. The highest BCUT2D eigenvalue weighted by molar-refractivity contribution is 7.92. The quantitative estimate of drug-likeness (QED) is 0.455. The van der Waals surface area contributed by atoms with E-state index in [-0.39, 0.29) is 23.2 Å². The van der Waals surface area contributed by atoms with Crippen LogP contribution in [0.4, 0.5) is 5.69 Å². The zero-order chi connectivity index (χ0) is 25.7. The molecule has 1 aliphatic carbocycles. The number of aryl methyl sites for hydroxylation is 2. The minimum absolute atomic E-state index is 0.000427. The molecule has 0 bridgehead atoms. The second-order valence-corrected chi connectivity index (χ2v) is 10.8. The molecule has 0 radical (unpaired) electrons. The predicted octanol–water partition coefficient (Wildman–Crippen LogP) is 4.66. The van der Waals surface area contributed by atoms with Crippen LogP contribution in [0.15, 0.2) is 71.6 Å². The van der Waals surface area contributed by atoms with Gasteiger partial charge in [-0.1, -0.05) is 36.4 Å². The lowest BCUT2D eigenvalue weighted by molar-refractivity contribution is -0.120. The van der Waals surface area contributed by atoms with Crippen LogP contribution in [0, 0.1) is 0 Å². The van der Waals surface area contributed by atoms with Gasteiger partial charge in [0.1, 0.15) is 6.54 Å². The first kappa shape index (κ1) is 25.6. The molecule has 7 nitrogen and oxygen atoms in total. The van der Waals surface area contributed by atoms with Gasteiger partial charge in [0.05, 0.1) is 30.8 Å². The fourth-order valence-electron chi connectivity index (χ4n) is 4.54. The number of nitrogens with one attached hydrogen (secondary N) is 1. The van der Waals surface area contributed by atoms with Gasteiger partial charge in [0.25, 0.3) is 10.0 Å². The van der Waals surface area contributed by atoms with Gasteiger partial charge in [0, 0.05) is 6.07 Å². The Balaban J connectivity index is 1.58. The number of sulfonamides is 1. The maximum atomic E-state index is 13.7. The molecule has 1 unspecified atom stereocenters. The highest BCUT2D eigenvalue weighted by Crippen LogP contribution is 2.32. The summed E-state index contributed by atoms with van der Waals surface area (Å²) in [4.78, 5) is 13.1. The molecule has 190 valence electrons. The minimum Gasteiger partial charge on any atom is -0.493 e. The molecule has 3 aromatic carbocycles. The van der Waals surface area contributed by atoms with Crippen molar-refractivity contribution in [3.8, 4) is 11.5 Å². The molecule has 0 saturated heterocycles. The number of carbonyl (C=O) groups is 1. The number of amides is 1. The van der Waals surface area contributed by atoms with Crippen LogP contribution in [0.1, 0.15) is 42.5 Å². The fraction of sp³-hybridized carbons (Fsp3) is 0.321. The number of ether oxygens (including phenoxy) is 2. The van der Waals surface area contributed by atoms with Crippen molar-refractivity contribution in [1.82, 2.24) is 5.32 Å². The zero-order valence-corrected chi connectivity index (χ0v) is 21.7. The summed E-state index contributed by atoms with van der Waals surface area (Å²) in [7, 11) is -1.16. The van der Waals surface area contributed by atoms with Gasteiger partial charge in [0.15, 0.2) is 11.5 Å². The summed E-state index contributed by atoms with van der Waals surface area (Å²) in [6.07, 6.45) is 4.53. The van der Waals surface area contributed by atoms with Gasteiger partial charge in [0.2, 0.25) is 5.91 Å². The van der Waals surface area contributed by atoms with E-state index in [1.807, 2.05) is 13.0 Å². The summed E-state index contributed by atoms with van der Waals surface area (Å²) in [6, 6.07) is 19.1. The molecule has 1 atom stereocenters. The molecule has 4 rings (SSSR count). The van der Waals surface area contributed by atoms with E-state index in [1.54, 1.807) is 30.3 Å². The van der Waals surface area contributed by atoms with Crippen molar-refractivity contribution >= 4 is 21.6 Å². The van der Waals surface area contributed by atoms with E-state index in [1.165, 1.54) is 56.4 Å². The number of hydrogen-bond acceptors (Lipinski definition) is 5. The van der Waals surface area contributed by atoms with Crippen LogP contribution < -0.4 is 19.1 Å². The van der Waals surface area contributed by atoms with E-state index >= 15 is 0 Å². The van der Waals surface area contributed by atoms with E-state index in [4.69, 9.17) is 9.47 Å². The van der Waals surface area contributed by atoms with Crippen LogP contribution in [-0.2, 0) is 27.7 Å². The largest absolute Gasteiger partial charge is 0.493 e. The Kier molecular flexibility index (Phi) is 7.84. The van der Waals surface area contributed by atoms with Gasteiger partial charge < -0.3 is 14.8 Å². The average molecular weight is 509 g/mol. The van der Waals surface area contributed by atoms with Crippen LogP contribution >= 0.6 is 0 Å². The monoisotopic (exact) mass is 508 g/mol. The van der Waals surface area contributed by atoms with Gasteiger partial charge in [-0.2, -0.15) is 0 Å². The number of nitrogens with zero attached hydrogens (tertiary/aromatic N) is 1. The fourth-order valence-corrected chi connectivity index (χ4v) is 5.97. The molecule has 0 aromatic heterocycles. The number of carbonyl (C=O) groups excluding carboxylic acids is 1. The lowest BCUT2D eigenvalue weighted by Crippen LogP contribution is -2.41. The Labute approximate surface area is 213 Å². The molecule has 0 heterocycles. The number of anilines is 1. The Bertz CT molecular complexity index is 1330. The highest BCUT2D eigenvalue weighted by atomic mass is 32.2. The van der Waals surface area contributed by atoms with Crippen molar-refractivity contribution in [3.63, 3.8) is 0 Å². The molecular weight excluding hydrogens is 476 g/mol. The molecule has 8 heteroatoms. The van der Waals surface area contributed by atoms with E-state index in [9.17, 15) is 13.2 Å². The summed E-state index contributed by atoms with van der Waals surface area (Å²) in [5.41, 5.74) is 4.11. The predicted molar refractivity (Wildman–Crippen MR) is 140 cm³/mol. The van der Waals surface area contributed by atoms with Gasteiger partial charge in [-0.15, -0.1) is 0 Å². The van der Waals surface area contributed by atoms with Crippen LogP contribution in [0.25, 0.3) is 0 Å². The van der Waals surface area contributed by atoms with Crippen molar-refractivity contribution in [2.75, 3.05) is 25.1 Å². The summed E-state index contributed by atoms with van der Waals surface area (Å²) < 4.78 is 39.0. The topological polar surface area (TPSA) is 84.9 Å². The van der Waals surface area contributed by atoms with E-state index in [0.29, 0.717) is 11.4 Å². The first-order valence-electron chi connectivity index (χ1n) is 12.0. The minimum atomic E-state index is -4.08. The molecule has 1 N–H and O–H groups in total. The normalized spacial score (nSPS) is 13.9. The molecule has 0 spiro atoms. The van der Waals surface area contributed by atoms with Gasteiger partial charge >= 0.3 is 0 Å². The third-order valence-corrected chi connectivity index (χ3v) is 8.29. The first-order valence-corrected chi connectivity index (χ1v) is 13.5. The number of para-hydroxylation sites is 1. The van der Waals surface area contributed by atoms with Crippen molar-refractivity contribution in [2.24, 2.45) is 0 Å². The van der Waals surface area contributed by atoms with Crippen molar-refractivity contribution < 1.29 is 22.7 Å². The summed E-state index contributed by atoms with van der Waals surface area (Å²) in [6.45, 7) is 1.55. The Morgan fingerprint density at radius 1 is 0.917 bits per heavy atom. The molecular formula is C28H32N2O5S. The van der Waals surface area contributed by atoms with Crippen molar-refractivity contribution in [3.05, 3.63) is 83.4 Å². The average Bonchev–Trinajstić information content (AvgIpc) is 2.91. The molecule has 0 fully saturated rings. The maximum absolute atomic E-state index is 13.7. The number of fused-ring (bicyclic) bond motifs is 1. The number of hydrogen-bond donors (Lipinski definition) is 1. The second-order valence-electron chi connectivity index (χ2n) is 8.89. The van der Waals surface area contributed by atoms with Crippen LogP contribution in [0.5, 0.6) is 11.5 Å².